The van der Waals surface area contributed by atoms with Gasteiger partial charge < -0.3 is 9.55 Å². The van der Waals surface area contributed by atoms with Crippen LogP contribution in [0.4, 0.5) is 0 Å². The fourth-order valence-corrected chi connectivity index (χ4v) is 2.52. The zero-order valence-corrected chi connectivity index (χ0v) is 14.3. The highest BCUT2D eigenvalue weighted by molar-refractivity contribution is 14.1. The highest BCUT2D eigenvalue weighted by atomic mass is 127. The lowest BCUT2D eigenvalue weighted by atomic mass is 10.1. The molecule has 0 aliphatic rings. The number of aromatic nitrogens is 4. The Kier molecular flexibility index (Phi) is 4.62. The van der Waals surface area contributed by atoms with E-state index >= 15 is 0 Å². The quantitative estimate of drug-likeness (QED) is 0.822. The standard InChI is InChI=1S/C14H19IN4O/c1-8(2)5-10-12(15)14(20)18-13(17-10)11-6-16-7-19(11)9(3)4/h6-9H,5H2,1-4H3,(H,17,18,20). The van der Waals surface area contributed by atoms with E-state index in [9.17, 15) is 4.79 Å². The molecule has 0 bridgehead atoms. The Labute approximate surface area is 132 Å². The van der Waals surface area contributed by atoms with Gasteiger partial charge in [0.2, 0.25) is 0 Å². The minimum Gasteiger partial charge on any atom is -0.326 e. The molecule has 2 rings (SSSR count). The van der Waals surface area contributed by atoms with Gasteiger partial charge in [0.15, 0.2) is 5.82 Å². The first-order chi connectivity index (χ1) is 9.40. The molecule has 6 heteroatoms. The maximum atomic E-state index is 12.1. The molecule has 0 radical (unpaired) electrons. The van der Waals surface area contributed by atoms with E-state index in [1.165, 1.54) is 0 Å². The van der Waals surface area contributed by atoms with E-state index in [1.54, 1.807) is 12.5 Å². The van der Waals surface area contributed by atoms with Crippen molar-refractivity contribution in [3.8, 4) is 11.5 Å². The van der Waals surface area contributed by atoms with E-state index < -0.39 is 0 Å². The molecule has 0 fully saturated rings. The predicted octanol–water partition coefficient (Wildman–Crippen LogP) is 3.02. The minimum absolute atomic E-state index is 0.0808. The molecular formula is C14H19IN4O. The van der Waals surface area contributed by atoms with Gasteiger partial charge >= 0.3 is 0 Å². The molecule has 0 amide bonds. The van der Waals surface area contributed by atoms with E-state index in [-0.39, 0.29) is 11.6 Å². The van der Waals surface area contributed by atoms with Crippen molar-refractivity contribution < 1.29 is 0 Å². The van der Waals surface area contributed by atoms with E-state index in [1.807, 2.05) is 4.57 Å². The Morgan fingerprint density at radius 1 is 1.35 bits per heavy atom. The summed E-state index contributed by atoms with van der Waals surface area (Å²) in [5.41, 5.74) is 1.62. The molecule has 0 saturated heterocycles. The van der Waals surface area contributed by atoms with Crippen molar-refractivity contribution in [1.82, 2.24) is 19.5 Å². The highest BCUT2D eigenvalue weighted by Crippen LogP contribution is 2.20. The summed E-state index contributed by atoms with van der Waals surface area (Å²) >= 11 is 2.07. The summed E-state index contributed by atoms with van der Waals surface area (Å²) in [5, 5.41) is 0. The van der Waals surface area contributed by atoms with Gasteiger partial charge in [-0.1, -0.05) is 13.8 Å². The van der Waals surface area contributed by atoms with Gasteiger partial charge in [0, 0.05) is 6.04 Å². The van der Waals surface area contributed by atoms with Crippen LogP contribution in [-0.2, 0) is 6.42 Å². The molecule has 0 spiro atoms. The molecule has 0 aliphatic carbocycles. The number of hydrogen-bond donors (Lipinski definition) is 1. The molecule has 0 aromatic carbocycles. The number of nitrogens with one attached hydrogen (secondary N) is 1. The SMILES string of the molecule is CC(C)Cc1nc(-c2cncn2C(C)C)[nH]c(=O)c1I. The predicted molar refractivity (Wildman–Crippen MR) is 87.7 cm³/mol. The third-order valence-electron chi connectivity index (χ3n) is 3.00. The lowest BCUT2D eigenvalue weighted by Gasteiger charge is -2.13. The van der Waals surface area contributed by atoms with Gasteiger partial charge in [0.25, 0.3) is 5.56 Å². The first kappa shape index (κ1) is 15.2. The van der Waals surface area contributed by atoms with Crippen molar-refractivity contribution in [2.75, 3.05) is 0 Å². The molecule has 108 valence electrons. The summed E-state index contributed by atoms with van der Waals surface area (Å²) in [7, 11) is 0. The van der Waals surface area contributed by atoms with Crippen LogP contribution in [-0.4, -0.2) is 19.5 Å². The van der Waals surface area contributed by atoms with Crippen molar-refractivity contribution >= 4 is 22.6 Å². The van der Waals surface area contributed by atoms with Crippen LogP contribution in [0.15, 0.2) is 17.3 Å². The van der Waals surface area contributed by atoms with Gasteiger partial charge in [-0.3, -0.25) is 4.79 Å². The molecule has 2 heterocycles. The molecule has 2 aromatic heterocycles. The molecule has 0 atom stereocenters. The number of halogens is 1. The fraction of sp³-hybridized carbons (Fsp3) is 0.500. The molecule has 0 saturated carbocycles. The number of rotatable bonds is 4. The van der Waals surface area contributed by atoms with Gasteiger partial charge in [0.05, 0.1) is 21.8 Å². The second kappa shape index (κ2) is 6.07. The van der Waals surface area contributed by atoms with Crippen molar-refractivity contribution in [3.63, 3.8) is 0 Å². The molecule has 1 N–H and O–H groups in total. The van der Waals surface area contributed by atoms with Crippen LogP contribution in [0.25, 0.3) is 11.5 Å². The highest BCUT2D eigenvalue weighted by Gasteiger charge is 2.15. The molecular weight excluding hydrogens is 367 g/mol. The topological polar surface area (TPSA) is 63.6 Å². The van der Waals surface area contributed by atoms with Crippen molar-refractivity contribution in [3.05, 3.63) is 32.1 Å². The Bertz CT molecular complexity index is 657. The number of nitrogens with zero attached hydrogens (tertiary/aromatic N) is 3. The summed E-state index contributed by atoms with van der Waals surface area (Å²) in [6, 6.07) is 0.269. The average molecular weight is 386 g/mol. The number of hydrogen-bond acceptors (Lipinski definition) is 3. The zero-order valence-electron chi connectivity index (χ0n) is 12.1. The monoisotopic (exact) mass is 386 g/mol. The van der Waals surface area contributed by atoms with E-state index in [2.05, 4.69) is 65.2 Å². The summed E-state index contributed by atoms with van der Waals surface area (Å²) < 4.78 is 2.68. The van der Waals surface area contributed by atoms with Crippen LogP contribution in [0.3, 0.4) is 0 Å². The van der Waals surface area contributed by atoms with Gasteiger partial charge in [-0.2, -0.15) is 0 Å². The Hall–Kier alpha value is -1.18. The number of H-pyrrole nitrogens is 1. The van der Waals surface area contributed by atoms with Crippen LogP contribution in [0.5, 0.6) is 0 Å². The summed E-state index contributed by atoms with van der Waals surface area (Å²) in [5.74, 6) is 1.05. The van der Waals surface area contributed by atoms with Crippen LogP contribution < -0.4 is 5.56 Å². The molecule has 2 aromatic rings. The Balaban J connectivity index is 2.55. The minimum atomic E-state index is -0.0808. The number of imidazole rings is 1. The number of aromatic amines is 1. The van der Waals surface area contributed by atoms with E-state index in [0.29, 0.717) is 15.3 Å². The second-order valence-electron chi connectivity index (χ2n) is 5.55. The van der Waals surface area contributed by atoms with Crippen molar-refractivity contribution in [1.29, 1.82) is 0 Å². The second-order valence-corrected chi connectivity index (χ2v) is 6.63. The Morgan fingerprint density at radius 3 is 2.65 bits per heavy atom. The maximum Gasteiger partial charge on any atom is 0.264 e. The largest absolute Gasteiger partial charge is 0.326 e. The van der Waals surface area contributed by atoms with Crippen molar-refractivity contribution in [2.24, 2.45) is 5.92 Å². The first-order valence-electron chi connectivity index (χ1n) is 6.71. The Morgan fingerprint density at radius 2 is 2.05 bits per heavy atom. The van der Waals surface area contributed by atoms with Crippen LogP contribution in [0.2, 0.25) is 0 Å². The van der Waals surface area contributed by atoms with E-state index in [4.69, 9.17) is 0 Å². The maximum absolute atomic E-state index is 12.1. The fourth-order valence-electron chi connectivity index (χ4n) is 2.05. The van der Waals surface area contributed by atoms with Crippen LogP contribution >= 0.6 is 22.6 Å². The lowest BCUT2D eigenvalue weighted by molar-refractivity contribution is 0.601. The van der Waals surface area contributed by atoms with Crippen LogP contribution in [0, 0.1) is 9.49 Å². The van der Waals surface area contributed by atoms with Crippen LogP contribution in [0.1, 0.15) is 39.4 Å². The van der Waals surface area contributed by atoms with Gasteiger partial charge in [-0.25, -0.2) is 9.97 Å². The van der Waals surface area contributed by atoms with Crippen molar-refractivity contribution in [2.45, 2.75) is 40.2 Å². The van der Waals surface area contributed by atoms with E-state index in [0.717, 1.165) is 17.8 Å². The average Bonchev–Trinajstić information content (AvgIpc) is 2.83. The smallest absolute Gasteiger partial charge is 0.264 e. The normalized spacial score (nSPS) is 11.6. The summed E-state index contributed by atoms with van der Waals surface area (Å²) in [6.45, 7) is 8.39. The zero-order chi connectivity index (χ0) is 14.9. The summed E-state index contributed by atoms with van der Waals surface area (Å²) in [6.07, 6.45) is 4.30. The molecule has 20 heavy (non-hydrogen) atoms. The molecule has 5 nitrogen and oxygen atoms in total. The lowest BCUT2D eigenvalue weighted by Crippen LogP contribution is -2.18. The molecule has 0 aliphatic heterocycles. The third-order valence-corrected chi connectivity index (χ3v) is 4.11. The van der Waals surface area contributed by atoms with Gasteiger partial charge in [0.1, 0.15) is 5.69 Å². The first-order valence-corrected chi connectivity index (χ1v) is 7.79. The molecule has 0 unspecified atom stereocenters. The summed E-state index contributed by atoms with van der Waals surface area (Å²) in [4.78, 5) is 23.7. The van der Waals surface area contributed by atoms with Gasteiger partial charge in [-0.05, 0) is 48.8 Å². The van der Waals surface area contributed by atoms with Gasteiger partial charge in [-0.15, -0.1) is 0 Å². The third kappa shape index (κ3) is 3.11.